The minimum Gasteiger partial charge on any atom is -0.480 e. The molecule has 0 aliphatic carbocycles. The molecule has 8 heteroatoms. The summed E-state index contributed by atoms with van der Waals surface area (Å²) in [7, 11) is 1.37. The summed E-state index contributed by atoms with van der Waals surface area (Å²) in [5, 5.41) is 2.41. The van der Waals surface area contributed by atoms with Crippen LogP contribution in [0.1, 0.15) is 10.4 Å². The second-order valence-electron chi connectivity index (χ2n) is 3.48. The summed E-state index contributed by atoms with van der Waals surface area (Å²) in [5.41, 5.74) is 0.209. The Hall–Kier alpha value is -1.83. The average Bonchev–Trinajstić information content (AvgIpc) is 2.36. The van der Waals surface area contributed by atoms with Gasteiger partial charge in [-0.1, -0.05) is 0 Å². The number of aromatic nitrogens is 1. The summed E-state index contributed by atoms with van der Waals surface area (Å²) in [6, 6.07) is 3.05. The Morgan fingerprint density at radius 2 is 2.21 bits per heavy atom. The Morgan fingerprint density at radius 3 is 2.84 bits per heavy atom. The predicted octanol–water partition coefficient (Wildman–Crippen LogP) is 1.40. The van der Waals surface area contributed by atoms with Gasteiger partial charge in [0.05, 0.1) is 13.7 Å². The zero-order chi connectivity index (χ0) is 14.3. The summed E-state index contributed by atoms with van der Waals surface area (Å²) in [4.78, 5) is 15.5. The van der Waals surface area contributed by atoms with Crippen LogP contribution >= 0.6 is 0 Å². The number of hydrogen-bond acceptors (Lipinski definition) is 4. The Bertz CT molecular complexity index is 424. The monoisotopic (exact) mass is 278 g/mol. The molecule has 0 spiro atoms. The predicted molar refractivity (Wildman–Crippen MR) is 60.0 cm³/mol. The van der Waals surface area contributed by atoms with Gasteiger partial charge in [-0.05, 0) is 12.1 Å². The molecule has 106 valence electrons. The van der Waals surface area contributed by atoms with E-state index in [4.69, 9.17) is 4.74 Å². The third kappa shape index (κ3) is 5.56. The van der Waals surface area contributed by atoms with Crippen molar-refractivity contribution in [2.75, 3.05) is 26.9 Å². The maximum atomic E-state index is 11.8. The standard InChI is InChI=1S/C11H13F3N2O3/c1-18-10-8(3-2-4-16-10)9(17)15-5-6-19-7-11(12,13)14/h2-4H,5-7H2,1H3,(H,15,17). The number of alkyl halides is 3. The fraction of sp³-hybridized carbons (Fsp3) is 0.455. The molecule has 1 heterocycles. The first kappa shape index (κ1) is 15.2. The summed E-state index contributed by atoms with van der Waals surface area (Å²) in [6.07, 6.45) is -2.90. The molecule has 0 atom stereocenters. The van der Waals surface area contributed by atoms with Gasteiger partial charge in [-0.25, -0.2) is 4.98 Å². The lowest BCUT2D eigenvalue weighted by atomic mass is 10.2. The van der Waals surface area contributed by atoms with Gasteiger partial charge < -0.3 is 14.8 Å². The number of carbonyl (C=O) groups excluding carboxylic acids is 1. The highest BCUT2D eigenvalue weighted by Crippen LogP contribution is 2.14. The van der Waals surface area contributed by atoms with Crippen molar-refractivity contribution in [3.05, 3.63) is 23.9 Å². The van der Waals surface area contributed by atoms with Gasteiger partial charge in [-0.3, -0.25) is 4.79 Å². The molecular weight excluding hydrogens is 265 g/mol. The fourth-order valence-corrected chi connectivity index (χ4v) is 1.25. The van der Waals surface area contributed by atoms with E-state index in [2.05, 4.69) is 15.0 Å². The Kier molecular flexibility index (Phi) is 5.56. The third-order valence-electron chi connectivity index (χ3n) is 2.01. The van der Waals surface area contributed by atoms with Crippen molar-refractivity contribution < 1.29 is 27.4 Å². The molecule has 1 aromatic rings. The number of carbonyl (C=O) groups is 1. The van der Waals surface area contributed by atoms with Crippen molar-refractivity contribution >= 4 is 5.91 Å². The van der Waals surface area contributed by atoms with Crippen LogP contribution in [0, 0.1) is 0 Å². The van der Waals surface area contributed by atoms with Crippen LogP contribution in [0.3, 0.4) is 0 Å². The number of pyridine rings is 1. The molecule has 1 rings (SSSR count). The van der Waals surface area contributed by atoms with Crippen LogP contribution in [0.4, 0.5) is 13.2 Å². The van der Waals surface area contributed by atoms with Crippen molar-refractivity contribution in [3.63, 3.8) is 0 Å². The van der Waals surface area contributed by atoms with Crippen LogP contribution in [0.5, 0.6) is 5.88 Å². The zero-order valence-electron chi connectivity index (χ0n) is 10.2. The number of rotatable bonds is 6. The lowest BCUT2D eigenvalue weighted by Gasteiger charge is -2.09. The molecule has 0 bridgehead atoms. The highest BCUT2D eigenvalue weighted by molar-refractivity contribution is 5.96. The van der Waals surface area contributed by atoms with Gasteiger partial charge in [-0.2, -0.15) is 13.2 Å². The number of halogens is 3. The number of nitrogens with one attached hydrogen (secondary N) is 1. The topological polar surface area (TPSA) is 60.5 Å². The van der Waals surface area contributed by atoms with Crippen LogP contribution in [0.2, 0.25) is 0 Å². The summed E-state index contributed by atoms with van der Waals surface area (Å²) < 4.78 is 44.5. The largest absolute Gasteiger partial charge is 0.480 e. The van der Waals surface area contributed by atoms with Crippen LogP contribution in [0.25, 0.3) is 0 Å². The molecule has 0 aliphatic rings. The van der Waals surface area contributed by atoms with Crippen molar-refractivity contribution in [1.82, 2.24) is 10.3 Å². The maximum Gasteiger partial charge on any atom is 0.411 e. The van der Waals surface area contributed by atoms with Crippen molar-refractivity contribution in [3.8, 4) is 5.88 Å². The second-order valence-corrected chi connectivity index (χ2v) is 3.48. The molecule has 5 nitrogen and oxygen atoms in total. The van der Waals surface area contributed by atoms with E-state index in [-0.39, 0.29) is 24.6 Å². The lowest BCUT2D eigenvalue weighted by Crippen LogP contribution is -2.29. The quantitative estimate of drug-likeness (QED) is 0.799. The first-order valence-electron chi connectivity index (χ1n) is 5.36. The molecule has 0 saturated carbocycles. The number of amides is 1. The molecule has 1 N–H and O–H groups in total. The van der Waals surface area contributed by atoms with Gasteiger partial charge in [0.25, 0.3) is 5.91 Å². The second kappa shape index (κ2) is 6.93. The van der Waals surface area contributed by atoms with Gasteiger partial charge in [-0.15, -0.1) is 0 Å². The van der Waals surface area contributed by atoms with Gasteiger partial charge in [0.15, 0.2) is 0 Å². The average molecular weight is 278 g/mol. The molecule has 0 fully saturated rings. The van der Waals surface area contributed by atoms with E-state index in [9.17, 15) is 18.0 Å². The Morgan fingerprint density at radius 1 is 1.47 bits per heavy atom. The zero-order valence-corrected chi connectivity index (χ0v) is 10.2. The van der Waals surface area contributed by atoms with Crippen LogP contribution in [-0.2, 0) is 4.74 Å². The molecule has 0 aliphatic heterocycles. The molecule has 0 saturated heterocycles. The Balaban J connectivity index is 2.35. The van der Waals surface area contributed by atoms with Gasteiger partial charge >= 0.3 is 6.18 Å². The van der Waals surface area contributed by atoms with E-state index in [0.717, 1.165) is 0 Å². The highest BCUT2D eigenvalue weighted by atomic mass is 19.4. The highest BCUT2D eigenvalue weighted by Gasteiger charge is 2.27. The molecule has 0 aromatic carbocycles. The van der Waals surface area contributed by atoms with E-state index < -0.39 is 18.7 Å². The van der Waals surface area contributed by atoms with Crippen LogP contribution < -0.4 is 10.1 Å². The third-order valence-corrected chi connectivity index (χ3v) is 2.01. The van der Waals surface area contributed by atoms with Gasteiger partial charge in [0.1, 0.15) is 12.2 Å². The smallest absolute Gasteiger partial charge is 0.411 e. The van der Waals surface area contributed by atoms with E-state index in [1.54, 1.807) is 6.07 Å². The van der Waals surface area contributed by atoms with Crippen molar-refractivity contribution in [2.45, 2.75) is 6.18 Å². The van der Waals surface area contributed by atoms with Crippen molar-refractivity contribution in [1.29, 1.82) is 0 Å². The normalized spacial score (nSPS) is 11.2. The molecule has 19 heavy (non-hydrogen) atoms. The van der Waals surface area contributed by atoms with E-state index in [0.29, 0.717) is 0 Å². The number of ether oxygens (including phenoxy) is 2. The summed E-state index contributed by atoms with van der Waals surface area (Å²) >= 11 is 0. The van der Waals surface area contributed by atoms with Crippen LogP contribution in [0.15, 0.2) is 18.3 Å². The van der Waals surface area contributed by atoms with Gasteiger partial charge in [0, 0.05) is 12.7 Å². The van der Waals surface area contributed by atoms with Crippen LogP contribution in [-0.4, -0.2) is 43.9 Å². The first-order chi connectivity index (χ1) is 8.94. The summed E-state index contributed by atoms with van der Waals surface area (Å²) in [6.45, 7) is -1.60. The SMILES string of the molecule is COc1ncccc1C(=O)NCCOCC(F)(F)F. The number of nitrogens with zero attached hydrogens (tertiary/aromatic N) is 1. The molecule has 0 radical (unpaired) electrons. The first-order valence-corrected chi connectivity index (χ1v) is 5.36. The van der Waals surface area contributed by atoms with E-state index >= 15 is 0 Å². The minimum absolute atomic E-state index is 0.0348. The lowest BCUT2D eigenvalue weighted by molar-refractivity contribution is -0.173. The van der Waals surface area contributed by atoms with Gasteiger partial charge in [0.2, 0.25) is 5.88 Å². The van der Waals surface area contributed by atoms with E-state index in [1.165, 1.54) is 19.4 Å². The molecule has 1 amide bonds. The molecular formula is C11H13F3N2O3. The van der Waals surface area contributed by atoms with Crippen molar-refractivity contribution in [2.24, 2.45) is 0 Å². The Labute approximate surface area is 107 Å². The number of hydrogen-bond donors (Lipinski definition) is 1. The molecule has 0 unspecified atom stereocenters. The number of methoxy groups -OCH3 is 1. The minimum atomic E-state index is -4.36. The maximum absolute atomic E-state index is 11.8. The van der Waals surface area contributed by atoms with E-state index in [1.807, 2.05) is 0 Å². The molecule has 1 aromatic heterocycles. The summed E-state index contributed by atoms with van der Waals surface area (Å²) in [5.74, 6) is -0.336. The fourth-order valence-electron chi connectivity index (χ4n) is 1.25.